The first-order valence-electron chi connectivity index (χ1n) is 5.38. The minimum atomic E-state index is -3.60. The van der Waals surface area contributed by atoms with Gasteiger partial charge in [0, 0.05) is 13.2 Å². The number of nitrogens with zero attached hydrogens (tertiary/aromatic N) is 3. The van der Waals surface area contributed by atoms with Crippen LogP contribution < -0.4 is 0 Å². The molecule has 2 aromatic heterocycles. The number of pyridine rings is 1. The van der Waals surface area contributed by atoms with E-state index in [4.69, 9.17) is 16.7 Å². The van der Waals surface area contributed by atoms with Crippen LogP contribution in [0.1, 0.15) is 11.3 Å². The van der Waals surface area contributed by atoms with Crippen molar-refractivity contribution >= 4 is 21.4 Å². The van der Waals surface area contributed by atoms with Crippen LogP contribution in [0, 0.1) is 0 Å². The maximum absolute atomic E-state index is 12.2. The second-order valence-corrected chi connectivity index (χ2v) is 6.27. The molecule has 2 heterocycles. The topological polar surface area (TPSA) is 85.1 Å². The summed E-state index contributed by atoms with van der Waals surface area (Å²) >= 11 is 5.72. The van der Waals surface area contributed by atoms with Gasteiger partial charge in [-0.25, -0.2) is 18.4 Å². The summed E-state index contributed by atoms with van der Waals surface area (Å²) in [6, 6.07) is 3.08. The van der Waals surface area contributed by atoms with Crippen molar-refractivity contribution in [1.29, 1.82) is 0 Å². The first-order chi connectivity index (χ1) is 8.94. The molecule has 0 unspecified atom stereocenters. The standard InChI is InChI=1S/C11H12ClN3O3S/c1-15-9(6-16)5-14-11(15)19(17,18)7-8-2-3-13-10(12)4-8/h2-5,16H,6-7H2,1H3. The van der Waals surface area contributed by atoms with Gasteiger partial charge in [0.25, 0.3) is 0 Å². The normalized spacial score (nSPS) is 11.7. The first-order valence-corrected chi connectivity index (χ1v) is 7.41. The van der Waals surface area contributed by atoms with E-state index in [2.05, 4.69) is 9.97 Å². The molecule has 102 valence electrons. The first kappa shape index (κ1) is 14.0. The Labute approximate surface area is 115 Å². The van der Waals surface area contributed by atoms with E-state index in [0.29, 0.717) is 11.3 Å². The molecule has 0 saturated heterocycles. The van der Waals surface area contributed by atoms with Crippen molar-refractivity contribution in [3.8, 4) is 0 Å². The molecule has 0 fully saturated rings. The number of sulfone groups is 1. The maximum Gasteiger partial charge on any atom is 0.227 e. The van der Waals surface area contributed by atoms with Crippen molar-refractivity contribution in [3.05, 3.63) is 40.9 Å². The molecule has 0 aliphatic heterocycles. The summed E-state index contributed by atoms with van der Waals surface area (Å²) in [5.74, 6) is -0.217. The van der Waals surface area contributed by atoms with Crippen LogP contribution in [0.25, 0.3) is 0 Å². The minimum Gasteiger partial charge on any atom is -0.390 e. The molecule has 2 aromatic rings. The summed E-state index contributed by atoms with van der Waals surface area (Å²) in [6.07, 6.45) is 2.79. The van der Waals surface area contributed by atoms with Gasteiger partial charge in [-0.3, -0.25) is 0 Å². The summed E-state index contributed by atoms with van der Waals surface area (Å²) in [5, 5.41) is 9.20. The molecular formula is C11H12ClN3O3S. The number of aromatic nitrogens is 3. The lowest BCUT2D eigenvalue weighted by atomic mass is 10.3. The molecule has 0 aliphatic rings. The van der Waals surface area contributed by atoms with E-state index in [0.717, 1.165) is 0 Å². The lowest BCUT2D eigenvalue weighted by Crippen LogP contribution is -2.12. The van der Waals surface area contributed by atoms with Crippen molar-refractivity contribution in [2.24, 2.45) is 7.05 Å². The van der Waals surface area contributed by atoms with Crippen LogP contribution in [0.2, 0.25) is 5.15 Å². The summed E-state index contributed by atoms with van der Waals surface area (Å²) in [5.41, 5.74) is 0.972. The highest BCUT2D eigenvalue weighted by Gasteiger charge is 2.22. The molecule has 19 heavy (non-hydrogen) atoms. The lowest BCUT2D eigenvalue weighted by molar-refractivity contribution is 0.271. The molecular weight excluding hydrogens is 290 g/mol. The van der Waals surface area contributed by atoms with E-state index in [1.165, 1.54) is 23.0 Å². The minimum absolute atomic E-state index is 0.0792. The molecule has 0 atom stereocenters. The van der Waals surface area contributed by atoms with E-state index in [9.17, 15) is 8.42 Å². The van der Waals surface area contributed by atoms with E-state index in [1.807, 2.05) is 0 Å². The Hall–Kier alpha value is -1.44. The summed E-state index contributed by atoms with van der Waals surface area (Å²) in [4.78, 5) is 7.64. The average Bonchev–Trinajstić information content (AvgIpc) is 2.70. The molecule has 2 rings (SSSR count). The highest BCUT2D eigenvalue weighted by Crippen LogP contribution is 2.17. The number of aliphatic hydroxyl groups is 1. The predicted octanol–water partition coefficient (Wildman–Crippen LogP) is 0.935. The van der Waals surface area contributed by atoms with Gasteiger partial charge >= 0.3 is 0 Å². The van der Waals surface area contributed by atoms with E-state index in [1.54, 1.807) is 13.1 Å². The zero-order valence-electron chi connectivity index (χ0n) is 10.1. The van der Waals surface area contributed by atoms with Crippen LogP contribution in [-0.4, -0.2) is 28.1 Å². The lowest BCUT2D eigenvalue weighted by Gasteiger charge is -2.06. The van der Waals surface area contributed by atoms with Gasteiger partial charge in [0.15, 0.2) is 0 Å². The molecule has 0 saturated carbocycles. The molecule has 0 bridgehead atoms. The van der Waals surface area contributed by atoms with E-state index in [-0.39, 0.29) is 22.7 Å². The molecule has 8 heteroatoms. The number of imidazole rings is 1. The maximum atomic E-state index is 12.2. The van der Waals surface area contributed by atoms with Gasteiger partial charge in [0.2, 0.25) is 15.0 Å². The zero-order chi connectivity index (χ0) is 14.0. The fourth-order valence-corrected chi connectivity index (χ4v) is 3.37. The van der Waals surface area contributed by atoms with Crippen LogP contribution in [0.15, 0.2) is 29.7 Å². The Kier molecular flexibility index (Phi) is 3.88. The third kappa shape index (κ3) is 2.94. The van der Waals surface area contributed by atoms with Crippen molar-refractivity contribution in [3.63, 3.8) is 0 Å². The van der Waals surface area contributed by atoms with Gasteiger partial charge in [0.05, 0.1) is 24.3 Å². The highest BCUT2D eigenvalue weighted by atomic mass is 35.5. The number of halogens is 1. The van der Waals surface area contributed by atoms with Crippen LogP contribution >= 0.6 is 11.6 Å². The molecule has 0 radical (unpaired) electrons. The van der Waals surface area contributed by atoms with Crippen LogP contribution in [0.3, 0.4) is 0 Å². The summed E-state index contributed by atoms with van der Waals surface area (Å²) in [7, 11) is -2.05. The van der Waals surface area contributed by atoms with Gasteiger partial charge in [0.1, 0.15) is 5.15 Å². The number of rotatable bonds is 4. The Morgan fingerprint density at radius 2 is 2.16 bits per heavy atom. The highest BCUT2D eigenvalue weighted by molar-refractivity contribution is 7.90. The Balaban J connectivity index is 2.35. The second-order valence-electron chi connectivity index (χ2n) is 4.00. The van der Waals surface area contributed by atoms with Gasteiger partial charge in [-0.05, 0) is 17.7 Å². The summed E-state index contributed by atoms with van der Waals surface area (Å²) in [6.45, 7) is -0.264. The van der Waals surface area contributed by atoms with Crippen LogP contribution in [0.5, 0.6) is 0 Å². The van der Waals surface area contributed by atoms with E-state index >= 15 is 0 Å². The third-order valence-electron chi connectivity index (χ3n) is 2.63. The van der Waals surface area contributed by atoms with Crippen molar-refractivity contribution < 1.29 is 13.5 Å². The fourth-order valence-electron chi connectivity index (χ4n) is 1.68. The SMILES string of the molecule is Cn1c(CO)cnc1S(=O)(=O)Cc1ccnc(Cl)c1. The van der Waals surface area contributed by atoms with Gasteiger partial charge in [-0.1, -0.05) is 11.6 Å². The van der Waals surface area contributed by atoms with Crippen LogP contribution in [-0.2, 0) is 29.2 Å². The van der Waals surface area contributed by atoms with E-state index < -0.39 is 9.84 Å². The largest absolute Gasteiger partial charge is 0.390 e. The molecule has 1 N–H and O–H groups in total. The van der Waals surface area contributed by atoms with Gasteiger partial charge in [-0.2, -0.15) is 0 Å². The monoisotopic (exact) mass is 301 g/mol. The molecule has 0 amide bonds. The molecule has 0 spiro atoms. The molecule has 0 aromatic carbocycles. The zero-order valence-corrected chi connectivity index (χ0v) is 11.7. The van der Waals surface area contributed by atoms with Gasteiger partial charge in [-0.15, -0.1) is 0 Å². The third-order valence-corrected chi connectivity index (χ3v) is 4.49. The molecule has 0 aliphatic carbocycles. The fraction of sp³-hybridized carbons (Fsp3) is 0.273. The van der Waals surface area contributed by atoms with Gasteiger partial charge < -0.3 is 9.67 Å². The Morgan fingerprint density at radius 3 is 2.74 bits per heavy atom. The van der Waals surface area contributed by atoms with Crippen molar-refractivity contribution in [1.82, 2.24) is 14.5 Å². The number of hydrogen-bond acceptors (Lipinski definition) is 5. The Bertz CT molecular complexity index is 697. The average molecular weight is 302 g/mol. The predicted molar refractivity (Wildman–Crippen MR) is 69.3 cm³/mol. The second kappa shape index (κ2) is 5.28. The van der Waals surface area contributed by atoms with Crippen LogP contribution in [0.4, 0.5) is 0 Å². The van der Waals surface area contributed by atoms with Crippen molar-refractivity contribution in [2.75, 3.05) is 0 Å². The molecule has 6 nitrogen and oxygen atoms in total. The Morgan fingerprint density at radius 1 is 1.42 bits per heavy atom. The van der Waals surface area contributed by atoms with Crippen molar-refractivity contribution in [2.45, 2.75) is 17.5 Å². The number of hydrogen-bond donors (Lipinski definition) is 1. The quantitative estimate of drug-likeness (QED) is 0.849. The summed E-state index contributed by atoms with van der Waals surface area (Å²) < 4.78 is 25.8. The number of aliphatic hydroxyl groups excluding tert-OH is 1. The smallest absolute Gasteiger partial charge is 0.227 e.